The molecule has 0 spiro atoms. The van der Waals surface area contributed by atoms with Crippen molar-refractivity contribution in [3.05, 3.63) is 0 Å². The summed E-state index contributed by atoms with van der Waals surface area (Å²) in [5.74, 6) is 0. The van der Waals surface area contributed by atoms with Gasteiger partial charge in [-0.15, -0.1) is 0 Å². The molecule has 1 aliphatic rings. The fourth-order valence-electron chi connectivity index (χ4n) is 1.87. The molecule has 1 aliphatic heterocycles. The summed E-state index contributed by atoms with van der Waals surface area (Å²) in [5, 5.41) is 0. The first-order valence-corrected chi connectivity index (χ1v) is 5.34. The summed E-state index contributed by atoms with van der Waals surface area (Å²) in [4.78, 5) is 2.36. The summed E-state index contributed by atoms with van der Waals surface area (Å²) in [6, 6.07) is 0. The molecule has 0 aromatic heterocycles. The largest absolute Gasteiger partial charge is 0.374 e. The van der Waals surface area contributed by atoms with Crippen LogP contribution in [0.5, 0.6) is 0 Å². The van der Waals surface area contributed by atoms with Gasteiger partial charge in [0.15, 0.2) is 0 Å². The van der Waals surface area contributed by atoms with Crippen molar-refractivity contribution in [1.29, 1.82) is 0 Å². The van der Waals surface area contributed by atoms with Crippen molar-refractivity contribution in [3.8, 4) is 0 Å². The Kier molecular flexibility index (Phi) is 4.70. The molecule has 0 saturated carbocycles. The molecular formula is C10H22N2O. The maximum absolute atomic E-state index is 5.76. The van der Waals surface area contributed by atoms with Gasteiger partial charge in [-0.2, -0.15) is 0 Å². The van der Waals surface area contributed by atoms with Crippen molar-refractivity contribution < 1.29 is 4.74 Å². The number of hydrogen-bond donors (Lipinski definition) is 1. The first kappa shape index (κ1) is 11.0. The fraction of sp³-hybridized carbons (Fsp3) is 1.00. The van der Waals surface area contributed by atoms with Gasteiger partial charge in [-0.25, -0.2) is 0 Å². The highest BCUT2D eigenvalue weighted by Gasteiger charge is 2.22. The van der Waals surface area contributed by atoms with Crippen molar-refractivity contribution in [2.75, 3.05) is 26.2 Å². The molecule has 78 valence electrons. The Hall–Kier alpha value is -0.120. The Labute approximate surface area is 81.2 Å². The van der Waals surface area contributed by atoms with E-state index in [2.05, 4.69) is 18.7 Å². The third-order valence-corrected chi connectivity index (χ3v) is 2.67. The van der Waals surface area contributed by atoms with Crippen LogP contribution in [-0.4, -0.2) is 43.3 Å². The molecule has 2 N–H and O–H groups in total. The highest BCUT2D eigenvalue weighted by Crippen LogP contribution is 2.19. The van der Waals surface area contributed by atoms with Crippen molar-refractivity contribution >= 4 is 0 Å². The third kappa shape index (κ3) is 3.63. The summed E-state index contributed by atoms with van der Waals surface area (Å²) >= 11 is 0. The first-order chi connectivity index (χ1) is 6.26. The molecular weight excluding hydrogens is 164 g/mol. The van der Waals surface area contributed by atoms with E-state index in [1.165, 1.54) is 12.8 Å². The number of rotatable bonds is 5. The van der Waals surface area contributed by atoms with Crippen LogP contribution in [0.2, 0.25) is 0 Å². The normalized spacial score (nSPS) is 28.6. The zero-order chi connectivity index (χ0) is 9.68. The molecule has 0 aromatic rings. The smallest absolute Gasteiger partial charge is 0.0706 e. The molecule has 0 radical (unpaired) electrons. The molecule has 0 bridgehead atoms. The van der Waals surface area contributed by atoms with E-state index in [9.17, 15) is 0 Å². The lowest BCUT2D eigenvalue weighted by atomic mass is 10.2. The molecule has 0 amide bonds. The Morgan fingerprint density at radius 3 is 2.69 bits per heavy atom. The molecule has 13 heavy (non-hydrogen) atoms. The van der Waals surface area contributed by atoms with Gasteiger partial charge in [-0.1, -0.05) is 6.92 Å². The van der Waals surface area contributed by atoms with Crippen molar-refractivity contribution in [1.82, 2.24) is 4.90 Å². The Balaban J connectivity index is 2.21. The average Bonchev–Trinajstić information content (AvgIpc) is 2.50. The standard InChI is InChI=1S/C10H22N2O/c1-3-12(7-6-11)8-10-5-4-9(2)13-10/h9-10H,3-8,11H2,1-2H3. The van der Waals surface area contributed by atoms with E-state index in [0.29, 0.717) is 12.2 Å². The van der Waals surface area contributed by atoms with Crippen LogP contribution in [0.4, 0.5) is 0 Å². The fourth-order valence-corrected chi connectivity index (χ4v) is 1.87. The van der Waals surface area contributed by atoms with E-state index in [1.807, 2.05) is 0 Å². The second-order valence-electron chi connectivity index (χ2n) is 3.83. The maximum Gasteiger partial charge on any atom is 0.0706 e. The Bertz CT molecular complexity index is 139. The first-order valence-electron chi connectivity index (χ1n) is 5.34. The van der Waals surface area contributed by atoms with Crippen LogP contribution in [0.25, 0.3) is 0 Å². The van der Waals surface area contributed by atoms with Crippen LogP contribution in [0, 0.1) is 0 Å². The SMILES string of the molecule is CCN(CCN)CC1CCC(C)O1. The minimum absolute atomic E-state index is 0.446. The van der Waals surface area contributed by atoms with Crippen LogP contribution in [0.3, 0.4) is 0 Å². The lowest BCUT2D eigenvalue weighted by molar-refractivity contribution is 0.0331. The van der Waals surface area contributed by atoms with Gasteiger partial charge in [0.2, 0.25) is 0 Å². The van der Waals surface area contributed by atoms with E-state index in [4.69, 9.17) is 10.5 Å². The predicted octanol–water partition coefficient (Wildman–Crippen LogP) is 0.834. The molecule has 1 heterocycles. The van der Waals surface area contributed by atoms with Gasteiger partial charge in [-0.05, 0) is 26.3 Å². The number of hydrogen-bond acceptors (Lipinski definition) is 3. The minimum Gasteiger partial charge on any atom is -0.374 e. The van der Waals surface area contributed by atoms with Gasteiger partial charge in [0, 0.05) is 19.6 Å². The van der Waals surface area contributed by atoms with Gasteiger partial charge in [-0.3, -0.25) is 4.90 Å². The lowest BCUT2D eigenvalue weighted by Crippen LogP contribution is -2.35. The highest BCUT2D eigenvalue weighted by atomic mass is 16.5. The van der Waals surface area contributed by atoms with Crippen LogP contribution in [0.15, 0.2) is 0 Å². The highest BCUT2D eigenvalue weighted by molar-refractivity contribution is 4.74. The number of ether oxygens (including phenoxy) is 1. The molecule has 1 fully saturated rings. The topological polar surface area (TPSA) is 38.5 Å². The van der Waals surface area contributed by atoms with Crippen LogP contribution >= 0.6 is 0 Å². The van der Waals surface area contributed by atoms with Gasteiger partial charge in [0.25, 0.3) is 0 Å². The summed E-state index contributed by atoms with van der Waals surface area (Å²) < 4.78 is 5.76. The van der Waals surface area contributed by atoms with E-state index < -0.39 is 0 Å². The van der Waals surface area contributed by atoms with Crippen LogP contribution in [0.1, 0.15) is 26.7 Å². The van der Waals surface area contributed by atoms with E-state index >= 15 is 0 Å². The molecule has 2 atom stereocenters. The predicted molar refractivity (Wildman–Crippen MR) is 54.7 cm³/mol. The summed E-state index contributed by atoms with van der Waals surface area (Å²) in [6.45, 7) is 8.19. The van der Waals surface area contributed by atoms with Gasteiger partial charge in [0.1, 0.15) is 0 Å². The van der Waals surface area contributed by atoms with E-state index in [-0.39, 0.29) is 0 Å². The van der Waals surface area contributed by atoms with E-state index in [0.717, 1.165) is 26.2 Å². The van der Waals surface area contributed by atoms with E-state index in [1.54, 1.807) is 0 Å². The minimum atomic E-state index is 0.446. The molecule has 3 nitrogen and oxygen atoms in total. The van der Waals surface area contributed by atoms with Crippen molar-refractivity contribution in [2.45, 2.75) is 38.9 Å². The number of likely N-dealkylation sites (N-methyl/N-ethyl adjacent to an activating group) is 1. The van der Waals surface area contributed by atoms with Crippen molar-refractivity contribution in [3.63, 3.8) is 0 Å². The van der Waals surface area contributed by atoms with Crippen molar-refractivity contribution in [2.24, 2.45) is 5.73 Å². The zero-order valence-corrected chi connectivity index (χ0v) is 8.83. The third-order valence-electron chi connectivity index (χ3n) is 2.67. The summed E-state index contributed by atoms with van der Waals surface area (Å²) in [7, 11) is 0. The summed E-state index contributed by atoms with van der Waals surface area (Å²) in [5.41, 5.74) is 5.52. The second kappa shape index (κ2) is 5.58. The molecule has 1 rings (SSSR count). The van der Waals surface area contributed by atoms with Gasteiger partial charge >= 0.3 is 0 Å². The molecule has 3 heteroatoms. The quantitative estimate of drug-likeness (QED) is 0.691. The van der Waals surface area contributed by atoms with Gasteiger partial charge in [0.05, 0.1) is 12.2 Å². The molecule has 0 aromatic carbocycles. The summed E-state index contributed by atoms with van der Waals surface area (Å²) in [6.07, 6.45) is 3.33. The maximum atomic E-state index is 5.76. The van der Waals surface area contributed by atoms with Crippen LogP contribution < -0.4 is 5.73 Å². The molecule has 0 aliphatic carbocycles. The van der Waals surface area contributed by atoms with Crippen LogP contribution in [-0.2, 0) is 4.74 Å². The zero-order valence-electron chi connectivity index (χ0n) is 8.83. The number of nitrogens with zero attached hydrogens (tertiary/aromatic N) is 1. The molecule has 2 unspecified atom stereocenters. The lowest BCUT2D eigenvalue weighted by Gasteiger charge is -2.23. The monoisotopic (exact) mass is 186 g/mol. The molecule has 1 saturated heterocycles. The Morgan fingerprint density at radius 2 is 2.23 bits per heavy atom. The second-order valence-corrected chi connectivity index (χ2v) is 3.83. The van der Waals surface area contributed by atoms with Gasteiger partial charge < -0.3 is 10.5 Å². The number of nitrogens with two attached hydrogens (primary N) is 1. The average molecular weight is 186 g/mol. The Morgan fingerprint density at radius 1 is 1.46 bits per heavy atom.